The molecule has 0 bridgehead atoms. The second kappa shape index (κ2) is 8.82. The van der Waals surface area contributed by atoms with E-state index >= 15 is 0 Å². The summed E-state index contributed by atoms with van der Waals surface area (Å²) in [4.78, 5) is 36.2. The monoisotopic (exact) mass is 371 g/mol. The van der Waals surface area contributed by atoms with Crippen molar-refractivity contribution in [3.8, 4) is 0 Å². The fourth-order valence-electron chi connectivity index (χ4n) is 1.93. The van der Waals surface area contributed by atoms with Gasteiger partial charge in [-0.05, 0) is 41.6 Å². The molecule has 2 amide bonds. The van der Waals surface area contributed by atoms with Gasteiger partial charge in [-0.25, -0.2) is 0 Å². The smallest absolute Gasteiger partial charge is 0.285 e. The summed E-state index contributed by atoms with van der Waals surface area (Å²) < 4.78 is 0. The van der Waals surface area contributed by atoms with E-state index in [2.05, 4.69) is 5.32 Å². The van der Waals surface area contributed by atoms with Gasteiger partial charge in [-0.15, -0.1) is 0 Å². The quantitative estimate of drug-likeness (QED) is 0.371. The minimum absolute atomic E-state index is 0.0390. The zero-order valence-corrected chi connectivity index (χ0v) is 15.0. The lowest BCUT2D eigenvalue weighted by atomic mass is 10.2. The van der Waals surface area contributed by atoms with Gasteiger partial charge < -0.3 is 10.2 Å². The molecule has 2 aromatic carbocycles. The van der Waals surface area contributed by atoms with Crippen LogP contribution in [0.4, 0.5) is 16.2 Å². The van der Waals surface area contributed by atoms with Gasteiger partial charge >= 0.3 is 0 Å². The Morgan fingerprint density at radius 2 is 1.88 bits per heavy atom. The molecule has 134 valence electrons. The third kappa shape index (κ3) is 5.75. The van der Waals surface area contributed by atoms with Crippen LogP contribution in [0.25, 0.3) is 6.08 Å². The van der Waals surface area contributed by atoms with Gasteiger partial charge in [0.25, 0.3) is 10.9 Å². The summed E-state index contributed by atoms with van der Waals surface area (Å²) in [5.74, 6) is -0.377. The van der Waals surface area contributed by atoms with Crippen LogP contribution in [0.3, 0.4) is 0 Å². The zero-order valence-electron chi connectivity index (χ0n) is 14.2. The van der Waals surface area contributed by atoms with Crippen molar-refractivity contribution in [3.05, 3.63) is 70.3 Å². The lowest BCUT2D eigenvalue weighted by molar-refractivity contribution is -0.384. The van der Waals surface area contributed by atoms with Gasteiger partial charge in [-0.3, -0.25) is 19.7 Å². The zero-order chi connectivity index (χ0) is 19.1. The van der Waals surface area contributed by atoms with Crippen LogP contribution < -0.4 is 5.32 Å². The number of nitro benzene ring substituents is 1. The van der Waals surface area contributed by atoms with E-state index in [9.17, 15) is 19.7 Å². The largest absolute Gasteiger partial charge is 0.339 e. The Morgan fingerprint density at radius 3 is 2.58 bits per heavy atom. The molecular formula is C18H17N3O4S. The van der Waals surface area contributed by atoms with Gasteiger partial charge in [0, 0.05) is 42.9 Å². The van der Waals surface area contributed by atoms with Crippen LogP contribution in [0.2, 0.25) is 0 Å². The summed E-state index contributed by atoms with van der Waals surface area (Å²) in [6, 6.07) is 12.9. The van der Waals surface area contributed by atoms with Gasteiger partial charge in [0.05, 0.1) is 4.92 Å². The van der Waals surface area contributed by atoms with E-state index in [-0.39, 0.29) is 16.8 Å². The number of nitrogens with zero attached hydrogens (tertiary/aromatic N) is 2. The molecule has 0 saturated heterocycles. The number of amides is 2. The maximum atomic E-state index is 12.0. The van der Waals surface area contributed by atoms with E-state index in [1.165, 1.54) is 29.2 Å². The maximum absolute atomic E-state index is 12.0. The highest BCUT2D eigenvalue weighted by molar-refractivity contribution is 8.13. The number of nitro groups is 1. The summed E-state index contributed by atoms with van der Waals surface area (Å²) >= 11 is 1.06. The number of hydrogen-bond donors (Lipinski definition) is 1. The van der Waals surface area contributed by atoms with E-state index in [0.717, 1.165) is 11.8 Å². The van der Waals surface area contributed by atoms with E-state index in [4.69, 9.17) is 0 Å². The van der Waals surface area contributed by atoms with Crippen molar-refractivity contribution in [3.63, 3.8) is 0 Å². The molecule has 0 saturated carbocycles. The summed E-state index contributed by atoms with van der Waals surface area (Å²) in [5.41, 5.74) is 1.06. The van der Waals surface area contributed by atoms with Crippen molar-refractivity contribution in [2.24, 2.45) is 0 Å². The Morgan fingerprint density at radius 1 is 1.15 bits per heavy atom. The van der Waals surface area contributed by atoms with Gasteiger partial charge in [-0.1, -0.05) is 18.2 Å². The highest BCUT2D eigenvalue weighted by atomic mass is 32.2. The minimum Gasteiger partial charge on any atom is -0.339 e. The topological polar surface area (TPSA) is 92.6 Å². The van der Waals surface area contributed by atoms with Crippen LogP contribution >= 0.6 is 11.8 Å². The number of hydrogen-bond acceptors (Lipinski definition) is 5. The molecule has 1 N–H and O–H groups in total. The predicted octanol–water partition coefficient (Wildman–Crippen LogP) is 4.02. The normalized spacial score (nSPS) is 10.5. The molecule has 0 fully saturated rings. The van der Waals surface area contributed by atoms with Crippen molar-refractivity contribution in [1.82, 2.24) is 4.90 Å². The molecule has 2 aromatic rings. The molecule has 8 heteroatoms. The lowest BCUT2D eigenvalue weighted by Crippen LogP contribution is -2.16. The molecule has 0 aromatic heterocycles. The Bertz CT molecular complexity index is 865. The van der Waals surface area contributed by atoms with Gasteiger partial charge in [0.15, 0.2) is 0 Å². The van der Waals surface area contributed by atoms with Crippen LogP contribution in [0.1, 0.15) is 5.56 Å². The van der Waals surface area contributed by atoms with Crippen molar-refractivity contribution >= 4 is 40.4 Å². The van der Waals surface area contributed by atoms with E-state index in [1.54, 1.807) is 50.5 Å². The molecule has 0 atom stereocenters. The van der Waals surface area contributed by atoms with Crippen LogP contribution in [0.15, 0.2) is 59.5 Å². The first-order valence-electron chi connectivity index (χ1n) is 7.58. The van der Waals surface area contributed by atoms with Crippen molar-refractivity contribution < 1.29 is 14.5 Å². The lowest BCUT2D eigenvalue weighted by Gasteiger charge is -2.10. The Hall–Kier alpha value is -3.13. The van der Waals surface area contributed by atoms with Crippen molar-refractivity contribution in [2.75, 3.05) is 19.4 Å². The predicted molar refractivity (Wildman–Crippen MR) is 102 cm³/mol. The van der Waals surface area contributed by atoms with Crippen LogP contribution in [0.5, 0.6) is 0 Å². The fraction of sp³-hybridized carbons (Fsp3) is 0.111. The average molecular weight is 371 g/mol. The molecule has 0 aliphatic rings. The molecule has 0 radical (unpaired) electrons. The summed E-state index contributed by atoms with van der Waals surface area (Å²) in [6.07, 6.45) is 2.79. The molecule has 7 nitrogen and oxygen atoms in total. The number of non-ortho nitro benzene ring substituents is 1. The van der Waals surface area contributed by atoms with Crippen LogP contribution in [-0.2, 0) is 4.79 Å². The molecule has 26 heavy (non-hydrogen) atoms. The number of thioether (sulfide) groups is 1. The highest BCUT2D eigenvalue weighted by Gasteiger charge is 2.08. The molecule has 0 spiro atoms. The summed E-state index contributed by atoms with van der Waals surface area (Å²) in [6.45, 7) is 0. The number of nitrogens with one attached hydrogen (secondary N) is 1. The van der Waals surface area contributed by atoms with Crippen molar-refractivity contribution in [2.45, 2.75) is 4.90 Å². The first kappa shape index (κ1) is 19.2. The number of benzene rings is 2. The SMILES string of the molecule is CN(C)C(=O)Sc1cccc(NC(=O)C=Cc2cccc([N+](=O)[O-])c2)c1. The molecule has 0 heterocycles. The second-order valence-corrected chi connectivity index (χ2v) is 6.49. The first-order chi connectivity index (χ1) is 12.3. The number of anilines is 1. The minimum atomic E-state index is -0.490. The van der Waals surface area contributed by atoms with Crippen molar-refractivity contribution in [1.29, 1.82) is 0 Å². The van der Waals surface area contributed by atoms with E-state index < -0.39 is 4.92 Å². The van der Waals surface area contributed by atoms with E-state index in [1.807, 2.05) is 0 Å². The third-order valence-electron chi connectivity index (χ3n) is 3.18. The number of carbonyl (C=O) groups is 2. The van der Waals surface area contributed by atoms with Gasteiger partial charge in [0.2, 0.25) is 5.91 Å². The average Bonchev–Trinajstić information content (AvgIpc) is 2.60. The van der Waals surface area contributed by atoms with E-state index in [0.29, 0.717) is 16.1 Å². The van der Waals surface area contributed by atoms with Crippen LogP contribution in [-0.4, -0.2) is 35.1 Å². The van der Waals surface area contributed by atoms with Crippen LogP contribution in [0, 0.1) is 10.1 Å². The molecule has 0 aliphatic heterocycles. The summed E-state index contributed by atoms with van der Waals surface area (Å²) in [5, 5.41) is 13.3. The highest BCUT2D eigenvalue weighted by Crippen LogP contribution is 2.23. The standard InChI is InChI=1S/C18H17N3O4S/c1-20(2)18(23)26-16-8-4-6-14(12-16)19-17(22)10-9-13-5-3-7-15(11-13)21(24)25/h3-12H,1-2H3,(H,19,22). The number of rotatable bonds is 5. The van der Waals surface area contributed by atoms with Gasteiger partial charge in [-0.2, -0.15) is 0 Å². The summed E-state index contributed by atoms with van der Waals surface area (Å²) in [7, 11) is 3.33. The fourth-order valence-corrected chi connectivity index (χ4v) is 2.64. The first-order valence-corrected chi connectivity index (χ1v) is 8.39. The second-order valence-electron chi connectivity index (χ2n) is 5.46. The molecule has 0 unspecified atom stereocenters. The Labute approximate surface area is 154 Å². The number of carbonyl (C=O) groups excluding carboxylic acids is 2. The third-order valence-corrected chi connectivity index (χ3v) is 4.21. The van der Waals surface area contributed by atoms with Gasteiger partial charge in [0.1, 0.15) is 0 Å². The molecule has 0 aliphatic carbocycles. The Balaban J connectivity index is 2.02. The molecule has 2 rings (SSSR count). The molecular weight excluding hydrogens is 354 g/mol. The maximum Gasteiger partial charge on any atom is 0.285 e. The Kier molecular flexibility index (Phi) is 6.51.